The lowest BCUT2D eigenvalue weighted by molar-refractivity contribution is 0.0934. The molecule has 120 valence electrons. The molecule has 1 saturated heterocycles. The van der Waals surface area contributed by atoms with Crippen LogP contribution in [0.25, 0.3) is 10.1 Å². The van der Waals surface area contributed by atoms with Gasteiger partial charge < -0.3 is 10.6 Å². The highest BCUT2D eigenvalue weighted by Crippen LogP contribution is 2.41. The van der Waals surface area contributed by atoms with Crippen LogP contribution >= 0.6 is 58.5 Å². The standard InChI is InChI=1S/C14H13Cl3N2OS.ClH/c15-7-5-9(16)11-10(6-7)21-13(12(11)17)14(20)19-8-1-3-18-4-2-8;/h5-6,8,18H,1-4H2,(H,19,20);1H. The third-order valence-corrected chi connectivity index (χ3v) is 5.67. The minimum absolute atomic E-state index is 0. The summed E-state index contributed by atoms with van der Waals surface area (Å²) in [7, 11) is 0. The quantitative estimate of drug-likeness (QED) is 0.763. The monoisotopic (exact) mass is 398 g/mol. The number of hydrogen-bond acceptors (Lipinski definition) is 3. The number of halogens is 4. The van der Waals surface area contributed by atoms with E-state index in [9.17, 15) is 4.79 Å². The normalized spacial score (nSPS) is 15.6. The molecule has 0 aliphatic carbocycles. The van der Waals surface area contributed by atoms with Gasteiger partial charge in [-0.25, -0.2) is 0 Å². The molecule has 2 heterocycles. The Morgan fingerprint density at radius 3 is 2.59 bits per heavy atom. The molecule has 0 radical (unpaired) electrons. The van der Waals surface area contributed by atoms with Gasteiger partial charge in [-0.1, -0.05) is 34.8 Å². The lowest BCUT2D eigenvalue weighted by Gasteiger charge is -2.23. The Kier molecular flexibility index (Phi) is 6.22. The Morgan fingerprint density at radius 1 is 1.23 bits per heavy atom. The summed E-state index contributed by atoms with van der Waals surface area (Å²) >= 11 is 19.8. The Hall–Kier alpha value is -0.230. The molecule has 1 fully saturated rings. The van der Waals surface area contributed by atoms with Gasteiger partial charge in [0.25, 0.3) is 5.91 Å². The third-order valence-electron chi connectivity index (χ3n) is 3.53. The second-order valence-electron chi connectivity index (χ2n) is 5.00. The van der Waals surface area contributed by atoms with Gasteiger partial charge in [0.2, 0.25) is 0 Å². The molecule has 3 rings (SSSR count). The molecule has 1 aliphatic rings. The van der Waals surface area contributed by atoms with E-state index in [2.05, 4.69) is 10.6 Å². The van der Waals surface area contributed by atoms with Gasteiger partial charge in [0.1, 0.15) is 4.88 Å². The van der Waals surface area contributed by atoms with Crippen LogP contribution in [-0.4, -0.2) is 25.0 Å². The van der Waals surface area contributed by atoms with E-state index >= 15 is 0 Å². The Labute approximate surface area is 153 Å². The number of thiophene rings is 1. The molecule has 0 saturated carbocycles. The van der Waals surface area contributed by atoms with Crippen molar-refractivity contribution in [3.8, 4) is 0 Å². The Balaban J connectivity index is 0.00000176. The van der Waals surface area contributed by atoms with Crippen molar-refractivity contribution in [1.82, 2.24) is 10.6 Å². The van der Waals surface area contributed by atoms with Crippen LogP contribution in [0.5, 0.6) is 0 Å². The van der Waals surface area contributed by atoms with Gasteiger partial charge in [-0.05, 0) is 38.1 Å². The molecule has 1 aliphatic heterocycles. The third kappa shape index (κ3) is 3.64. The Bertz CT molecular complexity index is 698. The maximum Gasteiger partial charge on any atom is 0.263 e. The molecule has 0 unspecified atom stereocenters. The van der Waals surface area contributed by atoms with Gasteiger partial charge >= 0.3 is 0 Å². The van der Waals surface area contributed by atoms with E-state index in [1.165, 1.54) is 11.3 Å². The first-order valence-corrected chi connectivity index (χ1v) is 8.60. The van der Waals surface area contributed by atoms with Crippen molar-refractivity contribution in [3.05, 3.63) is 32.1 Å². The largest absolute Gasteiger partial charge is 0.348 e. The van der Waals surface area contributed by atoms with Crippen molar-refractivity contribution in [2.24, 2.45) is 0 Å². The average molecular weight is 400 g/mol. The SMILES string of the molecule is Cl.O=C(NC1CCNCC1)c1sc2cc(Cl)cc(Cl)c2c1Cl. The zero-order valence-corrected chi connectivity index (χ0v) is 15.3. The highest BCUT2D eigenvalue weighted by atomic mass is 35.5. The van der Waals surface area contributed by atoms with Gasteiger partial charge in [-0.2, -0.15) is 0 Å². The second-order valence-corrected chi connectivity index (χ2v) is 7.28. The number of benzene rings is 1. The molecule has 1 aromatic heterocycles. The van der Waals surface area contributed by atoms with Crippen molar-refractivity contribution >= 4 is 74.5 Å². The number of amides is 1. The minimum Gasteiger partial charge on any atom is -0.348 e. The predicted octanol–water partition coefficient (Wildman–Crippen LogP) is 4.77. The van der Waals surface area contributed by atoms with Crippen LogP contribution in [0.1, 0.15) is 22.5 Å². The molecule has 0 atom stereocenters. The molecular formula is C14H14Cl4N2OS. The van der Waals surface area contributed by atoms with E-state index in [-0.39, 0.29) is 24.4 Å². The lowest BCUT2D eigenvalue weighted by atomic mass is 10.1. The van der Waals surface area contributed by atoms with Crippen LogP contribution in [0, 0.1) is 0 Å². The van der Waals surface area contributed by atoms with Gasteiger partial charge in [0, 0.05) is 21.2 Å². The van der Waals surface area contributed by atoms with Crippen molar-refractivity contribution in [1.29, 1.82) is 0 Å². The number of fused-ring (bicyclic) bond motifs is 1. The number of nitrogens with one attached hydrogen (secondary N) is 2. The van der Waals surface area contributed by atoms with Crippen molar-refractivity contribution in [2.75, 3.05) is 13.1 Å². The summed E-state index contributed by atoms with van der Waals surface area (Å²) in [6, 6.07) is 3.61. The summed E-state index contributed by atoms with van der Waals surface area (Å²) in [5.74, 6) is -0.139. The molecular weight excluding hydrogens is 386 g/mol. The van der Waals surface area contributed by atoms with Crippen LogP contribution in [-0.2, 0) is 0 Å². The number of carbonyl (C=O) groups is 1. The molecule has 2 aromatic rings. The van der Waals surface area contributed by atoms with E-state index in [1.54, 1.807) is 12.1 Å². The van der Waals surface area contributed by atoms with Crippen LogP contribution in [0.3, 0.4) is 0 Å². The fourth-order valence-electron chi connectivity index (χ4n) is 2.48. The summed E-state index contributed by atoms with van der Waals surface area (Å²) < 4.78 is 0.827. The van der Waals surface area contributed by atoms with E-state index in [1.807, 2.05) is 0 Å². The smallest absolute Gasteiger partial charge is 0.263 e. The molecule has 22 heavy (non-hydrogen) atoms. The number of hydrogen-bond donors (Lipinski definition) is 2. The minimum atomic E-state index is -0.139. The van der Waals surface area contributed by atoms with Crippen LogP contribution in [0.2, 0.25) is 15.1 Å². The predicted molar refractivity (Wildman–Crippen MR) is 97.5 cm³/mol. The fraction of sp³-hybridized carbons (Fsp3) is 0.357. The summed E-state index contributed by atoms with van der Waals surface area (Å²) in [5.41, 5.74) is 0. The van der Waals surface area contributed by atoms with E-state index in [0.717, 1.165) is 30.6 Å². The van der Waals surface area contributed by atoms with Crippen molar-refractivity contribution in [2.45, 2.75) is 18.9 Å². The van der Waals surface area contributed by atoms with Gasteiger partial charge in [0.05, 0.1) is 10.0 Å². The molecule has 0 spiro atoms. The molecule has 1 amide bonds. The maximum absolute atomic E-state index is 12.4. The van der Waals surface area contributed by atoms with E-state index < -0.39 is 0 Å². The topological polar surface area (TPSA) is 41.1 Å². The van der Waals surface area contributed by atoms with Crippen molar-refractivity contribution < 1.29 is 4.79 Å². The zero-order chi connectivity index (χ0) is 15.0. The van der Waals surface area contributed by atoms with Crippen molar-refractivity contribution in [3.63, 3.8) is 0 Å². The number of piperidine rings is 1. The first kappa shape index (κ1) is 18.1. The molecule has 1 aromatic carbocycles. The maximum atomic E-state index is 12.4. The summed E-state index contributed by atoms with van der Waals surface area (Å²) in [6.45, 7) is 1.85. The average Bonchev–Trinajstić information content (AvgIpc) is 2.77. The molecule has 8 heteroatoms. The molecule has 2 N–H and O–H groups in total. The van der Waals surface area contributed by atoms with Gasteiger partial charge in [0.15, 0.2) is 0 Å². The van der Waals surface area contributed by atoms with E-state index in [4.69, 9.17) is 34.8 Å². The van der Waals surface area contributed by atoms with Gasteiger partial charge in [-0.3, -0.25) is 4.79 Å². The van der Waals surface area contributed by atoms with Gasteiger partial charge in [-0.15, -0.1) is 23.7 Å². The lowest BCUT2D eigenvalue weighted by Crippen LogP contribution is -2.42. The highest BCUT2D eigenvalue weighted by Gasteiger charge is 2.22. The van der Waals surface area contributed by atoms with Crippen LogP contribution in [0.4, 0.5) is 0 Å². The highest BCUT2D eigenvalue weighted by molar-refractivity contribution is 7.21. The number of carbonyl (C=O) groups excluding carboxylic acids is 1. The summed E-state index contributed by atoms with van der Waals surface area (Å²) in [6.07, 6.45) is 1.86. The van der Waals surface area contributed by atoms with E-state index in [0.29, 0.717) is 25.3 Å². The first-order valence-electron chi connectivity index (χ1n) is 6.65. The Morgan fingerprint density at radius 2 is 1.91 bits per heavy atom. The first-order chi connectivity index (χ1) is 10.1. The number of rotatable bonds is 2. The van der Waals surface area contributed by atoms with Crippen LogP contribution < -0.4 is 10.6 Å². The zero-order valence-electron chi connectivity index (χ0n) is 11.4. The summed E-state index contributed by atoms with van der Waals surface area (Å²) in [4.78, 5) is 12.9. The van der Waals surface area contributed by atoms with Crippen LogP contribution in [0.15, 0.2) is 12.1 Å². The molecule has 0 bridgehead atoms. The second kappa shape index (κ2) is 7.56. The molecule has 3 nitrogen and oxygen atoms in total. The fourth-order valence-corrected chi connectivity index (χ4v) is 4.76. The summed E-state index contributed by atoms with van der Waals surface area (Å²) in [5, 5.41) is 8.42.